The predicted octanol–water partition coefficient (Wildman–Crippen LogP) is 4.03. The van der Waals surface area contributed by atoms with Gasteiger partial charge in [0, 0.05) is 4.88 Å². The molecule has 1 heterocycles. The van der Waals surface area contributed by atoms with Crippen molar-refractivity contribution in [3.05, 3.63) is 58.0 Å². The second-order valence-electron chi connectivity index (χ2n) is 6.92. The maximum Gasteiger partial charge on any atom is 0.312 e. The highest BCUT2D eigenvalue weighted by Gasteiger charge is 2.29. The number of benzene rings is 1. The van der Waals surface area contributed by atoms with Crippen LogP contribution in [0.4, 0.5) is 9.18 Å². The van der Waals surface area contributed by atoms with Gasteiger partial charge in [-0.15, -0.1) is 11.3 Å². The molecule has 1 aliphatic carbocycles. The van der Waals surface area contributed by atoms with Gasteiger partial charge in [0.1, 0.15) is 5.82 Å². The molecule has 0 bridgehead atoms. The van der Waals surface area contributed by atoms with Gasteiger partial charge in [0.25, 0.3) is 0 Å². The molecule has 0 radical (unpaired) electrons. The van der Waals surface area contributed by atoms with E-state index >= 15 is 0 Å². The van der Waals surface area contributed by atoms with Crippen molar-refractivity contribution in [1.29, 1.82) is 0 Å². The number of amides is 3. The first kappa shape index (κ1) is 19.4. The summed E-state index contributed by atoms with van der Waals surface area (Å²) in [6.07, 6.45) is 4.46. The van der Waals surface area contributed by atoms with Gasteiger partial charge in [-0.05, 0) is 47.9 Å². The molecule has 4 N–H and O–H groups in total. The maximum atomic E-state index is 13.3. The molecular weight excluding hydrogens is 365 g/mol. The third-order valence-electron chi connectivity index (χ3n) is 5.01. The van der Waals surface area contributed by atoms with Crippen molar-refractivity contribution in [2.45, 2.75) is 44.2 Å². The van der Waals surface area contributed by atoms with E-state index in [1.54, 1.807) is 12.1 Å². The summed E-state index contributed by atoms with van der Waals surface area (Å²) >= 11 is 1.47. The van der Waals surface area contributed by atoms with Crippen molar-refractivity contribution < 1.29 is 14.0 Å². The van der Waals surface area contributed by atoms with Crippen molar-refractivity contribution in [2.75, 3.05) is 0 Å². The summed E-state index contributed by atoms with van der Waals surface area (Å²) in [5.74, 6) is -0.120. The average molecular weight is 389 g/mol. The van der Waals surface area contributed by atoms with Crippen molar-refractivity contribution >= 4 is 23.3 Å². The Morgan fingerprint density at radius 1 is 1.15 bits per heavy atom. The highest BCUT2D eigenvalue weighted by molar-refractivity contribution is 7.10. The van der Waals surface area contributed by atoms with Crippen molar-refractivity contribution in [1.82, 2.24) is 10.6 Å². The number of hydrogen-bond acceptors (Lipinski definition) is 3. The van der Waals surface area contributed by atoms with E-state index in [1.165, 1.54) is 23.5 Å². The Balaban J connectivity index is 1.73. The van der Waals surface area contributed by atoms with E-state index in [2.05, 4.69) is 10.6 Å². The number of rotatable bonds is 7. The highest BCUT2D eigenvalue weighted by Crippen LogP contribution is 2.36. The lowest BCUT2D eigenvalue weighted by Crippen LogP contribution is -2.38. The maximum absolute atomic E-state index is 13.3. The van der Waals surface area contributed by atoms with Gasteiger partial charge in [-0.3, -0.25) is 4.79 Å². The second-order valence-corrected chi connectivity index (χ2v) is 7.90. The minimum Gasteiger partial charge on any atom is -0.352 e. The van der Waals surface area contributed by atoms with Crippen molar-refractivity contribution in [3.8, 4) is 0 Å². The molecule has 3 rings (SSSR count). The minimum absolute atomic E-state index is 0.105. The number of halogens is 1. The monoisotopic (exact) mass is 389 g/mol. The first-order valence-corrected chi connectivity index (χ1v) is 10.0. The molecule has 1 aromatic heterocycles. The van der Waals surface area contributed by atoms with E-state index in [-0.39, 0.29) is 24.2 Å². The van der Waals surface area contributed by atoms with Gasteiger partial charge in [0.2, 0.25) is 5.91 Å². The van der Waals surface area contributed by atoms with E-state index < -0.39 is 12.1 Å². The van der Waals surface area contributed by atoms with Crippen LogP contribution in [-0.4, -0.2) is 11.9 Å². The summed E-state index contributed by atoms with van der Waals surface area (Å²) in [4.78, 5) is 25.0. The Hall–Kier alpha value is -2.41. The van der Waals surface area contributed by atoms with E-state index in [0.717, 1.165) is 36.1 Å². The third-order valence-corrected chi connectivity index (χ3v) is 6.00. The minimum atomic E-state index is -0.660. The number of thiophene rings is 1. The summed E-state index contributed by atoms with van der Waals surface area (Å²) in [7, 11) is 0. The fourth-order valence-electron chi connectivity index (χ4n) is 3.74. The highest BCUT2D eigenvalue weighted by atomic mass is 32.1. The van der Waals surface area contributed by atoms with Gasteiger partial charge in [-0.2, -0.15) is 0 Å². The number of primary amides is 1. The first-order chi connectivity index (χ1) is 13.0. The molecule has 27 heavy (non-hydrogen) atoms. The van der Waals surface area contributed by atoms with Crippen LogP contribution in [0.15, 0.2) is 41.8 Å². The number of nitrogens with one attached hydrogen (secondary N) is 2. The number of hydrogen-bond donors (Lipinski definition) is 3. The molecule has 3 amide bonds. The van der Waals surface area contributed by atoms with Gasteiger partial charge >= 0.3 is 6.03 Å². The molecule has 0 saturated heterocycles. The van der Waals surface area contributed by atoms with Crippen LogP contribution in [0.3, 0.4) is 0 Å². The zero-order valence-electron chi connectivity index (χ0n) is 15.0. The number of nitrogens with two attached hydrogens (primary N) is 1. The molecule has 1 aromatic carbocycles. The molecule has 5 nitrogen and oxygen atoms in total. The van der Waals surface area contributed by atoms with Gasteiger partial charge in [0.15, 0.2) is 0 Å². The van der Waals surface area contributed by atoms with Crippen LogP contribution in [0.2, 0.25) is 0 Å². The fourth-order valence-corrected chi connectivity index (χ4v) is 4.51. The summed E-state index contributed by atoms with van der Waals surface area (Å²) in [6.45, 7) is 0. The molecule has 1 saturated carbocycles. The van der Waals surface area contributed by atoms with Gasteiger partial charge in [-0.1, -0.05) is 31.0 Å². The van der Waals surface area contributed by atoms with Gasteiger partial charge in [0.05, 0.1) is 18.5 Å². The van der Waals surface area contributed by atoms with E-state index in [4.69, 9.17) is 5.73 Å². The molecule has 0 aliphatic heterocycles. The molecular formula is C20H24FN3O2S. The summed E-state index contributed by atoms with van der Waals surface area (Å²) in [5, 5.41) is 7.65. The van der Waals surface area contributed by atoms with Crippen LogP contribution in [0.1, 0.15) is 54.6 Å². The Labute approximate surface area is 162 Å². The standard InChI is InChI=1S/C20H24FN3O2S/c21-15-9-7-14(8-10-15)19(13-4-1-2-5-13)24-18(25)12-16(23-20(22)26)17-6-3-11-27-17/h3,6-11,13,16,19H,1-2,4-5,12H2,(H,24,25)(H3,22,23,26). The lowest BCUT2D eigenvalue weighted by Gasteiger charge is -2.26. The molecule has 1 fully saturated rings. The summed E-state index contributed by atoms with van der Waals surface area (Å²) < 4.78 is 13.3. The molecule has 2 atom stereocenters. The largest absolute Gasteiger partial charge is 0.352 e. The summed E-state index contributed by atoms with van der Waals surface area (Å²) in [6, 6.07) is 8.78. The Morgan fingerprint density at radius 3 is 2.44 bits per heavy atom. The fraction of sp³-hybridized carbons (Fsp3) is 0.400. The van der Waals surface area contributed by atoms with E-state index in [1.807, 2.05) is 17.5 Å². The van der Waals surface area contributed by atoms with Crippen LogP contribution < -0.4 is 16.4 Å². The molecule has 2 aromatic rings. The van der Waals surface area contributed by atoms with Crippen LogP contribution in [0.5, 0.6) is 0 Å². The van der Waals surface area contributed by atoms with Crippen LogP contribution in [0.25, 0.3) is 0 Å². The van der Waals surface area contributed by atoms with E-state index in [9.17, 15) is 14.0 Å². The van der Waals surface area contributed by atoms with Gasteiger partial charge in [-0.25, -0.2) is 9.18 Å². The van der Waals surface area contributed by atoms with Crippen LogP contribution >= 0.6 is 11.3 Å². The van der Waals surface area contributed by atoms with Crippen molar-refractivity contribution in [3.63, 3.8) is 0 Å². The first-order valence-electron chi connectivity index (χ1n) is 9.17. The quantitative estimate of drug-likeness (QED) is 0.668. The van der Waals surface area contributed by atoms with Crippen LogP contribution in [0, 0.1) is 11.7 Å². The van der Waals surface area contributed by atoms with Gasteiger partial charge < -0.3 is 16.4 Å². The smallest absolute Gasteiger partial charge is 0.312 e. The Morgan fingerprint density at radius 2 is 1.85 bits per heavy atom. The lowest BCUT2D eigenvalue weighted by molar-refractivity contribution is -0.122. The Bertz CT molecular complexity index is 758. The van der Waals surface area contributed by atoms with E-state index in [0.29, 0.717) is 5.92 Å². The normalized spacial score (nSPS) is 16.6. The third kappa shape index (κ3) is 5.29. The molecule has 2 unspecified atom stereocenters. The molecule has 144 valence electrons. The zero-order valence-corrected chi connectivity index (χ0v) is 15.8. The molecule has 7 heteroatoms. The number of urea groups is 1. The molecule has 0 spiro atoms. The van der Waals surface area contributed by atoms with Crippen LogP contribution in [-0.2, 0) is 4.79 Å². The summed E-state index contributed by atoms with van der Waals surface area (Å²) in [5.41, 5.74) is 6.18. The Kier molecular flexibility index (Phi) is 6.45. The molecule has 1 aliphatic rings. The zero-order chi connectivity index (χ0) is 19.2. The second kappa shape index (κ2) is 8.99. The number of carbonyl (C=O) groups is 2. The predicted molar refractivity (Wildman–Crippen MR) is 104 cm³/mol. The van der Waals surface area contributed by atoms with Crippen molar-refractivity contribution in [2.24, 2.45) is 11.7 Å². The topological polar surface area (TPSA) is 84.2 Å². The number of carbonyl (C=O) groups excluding carboxylic acids is 2. The SMILES string of the molecule is NC(=O)NC(CC(=O)NC(c1ccc(F)cc1)C1CCCC1)c1cccs1. The lowest BCUT2D eigenvalue weighted by atomic mass is 9.91. The average Bonchev–Trinajstić information content (AvgIpc) is 3.33.